The van der Waals surface area contributed by atoms with Crippen molar-refractivity contribution >= 4 is 5.84 Å². The lowest BCUT2D eigenvalue weighted by atomic mass is 9.96. The van der Waals surface area contributed by atoms with E-state index in [0.717, 1.165) is 25.1 Å². The number of nitrogens with one attached hydrogen (secondary N) is 3. The summed E-state index contributed by atoms with van der Waals surface area (Å²) in [5.41, 5.74) is 0. The molecule has 0 unspecified atom stereocenters. The number of aliphatic hydroxyl groups excluding tert-OH is 1. The monoisotopic (exact) mass is 222 g/mol. The van der Waals surface area contributed by atoms with Crippen molar-refractivity contribution in [2.75, 3.05) is 0 Å². The zero-order chi connectivity index (χ0) is 11.5. The van der Waals surface area contributed by atoms with Crippen LogP contribution in [0.15, 0.2) is 12.4 Å². The van der Waals surface area contributed by atoms with E-state index in [1.54, 1.807) is 6.20 Å². The first kappa shape index (κ1) is 11.1. The number of rotatable bonds is 4. The van der Waals surface area contributed by atoms with Gasteiger partial charge in [-0.3, -0.25) is 5.41 Å². The second-order valence-corrected chi connectivity index (χ2v) is 4.40. The molecule has 0 saturated carbocycles. The molecule has 1 aromatic rings. The Balaban J connectivity index is 1.76. The number of aromatic nitrogens is 2. The number of imidazole rings is 1. The molecule has 0 amide bonds. The second-order valence-electron chi connectivity index (χ2n) is 4.40. The molecule has 2 heterocycles. The Bertz CT molecular complexity index is 349. The van der Waals surface area contributed by atoms with Crippen molar-refractivity contribution in [3.8, 4) is 0 Å². The van der Waals surface area contributed by atoms with Gasteiger partial charge in [-0.2, -0.15) is 0 Å². The Hall–Kier alpha value is -1.36. The number of hydrogen-bond donors (Lipinski definition) is 4. The number of aliphatic hydroxyl groups is 1. The van der Waals surface area contributed by atoms with Gasteiger partial charge in [-0.15, -0.1) is 0 Å². The summed E-state index contributed by atoms with van der Waals surface area (Å²) in [5.74, 6) is 1.39. The van der Waals surface area contributed by atoms with E-state index in [4.69, 9.17) is 5.41 Å². The first-order chi connectivity index (χ1) is 7.68. The van der Waals surface area contributed by atoms with E-state index in [2.05, 4.69) is 15.3 Å². The van der Waals surface area contributed by atoms with Crippen molar-refractivity contribution in [2.45, 2.75) is 38.3 Å². The molecule has 1 aliphatic rings. The molecule has 0 spiro atoms. The highest BCUT2D eigenvalue weighted by Gasteiger charge is 2.34. The zero-order valence-electron chi connectivity index (χ0n) is 9.40. The van der Waals surface area contributed by atoms with Crippen LogP contribution in [-0.2, 0) is 6.42 Å². The molecule has 0 bridgehead atoms. The molecule has 5 nitrogen and oxygen atoms in total. The fraction of sp³-hybridized carbons (Fsp3) is 0.636. The normalized spacial score (nSPS) is 29.4. The topological polar surface area (TPSA) is 84.8 Å². The lowest BCUT2D eigenvalue weighted by molar-refractivity contribution is 0.179. The maximum Gasteiger partial charge on any atom is 0.123 e. The molecule has 4 N–H and O–H groups in total. The van der Waals surface area contributed by atoms with Gasteiger partial charge in [0, 0.05) is 30.8 Å². The third-order valence-corrected chi connectivity index (χ3v) is 3.25. The maximum atomic E-state index is 9.61. The third-order valence-electron chi connectivity index (χ3n) is 3.25. The minimum atomic E-state index is -0.617. The summed E-state index contributed by atoms with van der Waals surface area (Å²) in [4.78, 5) is 7.23. The number of hydrogen-bond acceptors (Lipinski definition) is 3. The smallest absolute Gasteiger partial charge is 0.123 e. The summed E-state index contributed by atoms with van der Waals surface area (Å²) >= 11 is 0. The van der Waals surface area contributed by atoms with Crippen molar-refractivity contribution in [3.63, 3.8) is 0 Å². The van der Waals surface area contributed by atoms with Gasteiger partial charge in [0.1, 0.15) is 17.8 Å². The number of H-pyrrole nitrogens is 1. The minimum absolute atomic E-state index is 0.129. The van der Waals surface area contributed by atoms with E-state index in [1.165, 1.54) is 0 Å². The lowest BCUT2D eigenvalue weighted by Gasteiger charge is -2.15. The van der Waals surface area contributed by atoms with Crippen molar-refractivity contribution in [1.82, 2.24) is 15.3 Å². The van der Waals surface area contributed by atoms with E-state index < -0.39 is 6.10 Å². The van der Waals surface area contributed by atoms with Crippen LogP contribution in [0.3, 0.4) is 0 Å². The number of amidine groups is 1. The molecular weight excluding hydrogens is 204 g/mol. The molecule has 1 saturated heterocycles. The summed E-state index contributed by atoms with van der Waals surface area (Å²) in [6.45, 7) is 1.98. The lowest BCUT2D eigenvalue weighted by Crippen LogP contribution is -2.27. The average Bonchev–Trinajstić information content (AvgIpc) is 2.85. The Morgan fingerprint density at radius 1 is 1.56 bits per heavy atom. The van der Waals surface area contributed by atoms with Crippen LogP contribution in [0.25, 0.3) is 0 Å². The van der Waals surface area contributed by atoms with Crippen molar-refractivity contribution in [3.05, 3.63) is 18.2 Å². The molecule has 3 atom stereocenters. The van der Waals surface area contributed by atoms with Crippen LogP contribution >= 0.6 is 0 Å². The van der Waals surface area contributed by atoms with E-state index in [0.29, 0.717) is 0 Å². The predicted octanol–water partition coefficient (Wildman–Crippen LogP) is 0.678. The molecule has 2 rings (SSSR count). The Morgan fingerprint density at radius 2 is 2.38 bits per heavy atom. The van der Waals surface area contributed by atoms with Crippen molar-refractivity contribution in [1.29, 1.82) is 5.41 Å². The minimum Gasteiger partial charge on any atom is -0.385 e. The highest BCUT2D eigenvalue weighted by atomic mass is 16.3. The maximum absolute atomic E-state index is 9.61. The van der Waals surface area contributed by atoms with E-state index in [-0.39, 0.29) is 17.8 Å². The predicted molar refractivity (Wildman–Crippen MR) is 61.3 cm³/mol. The second kappa shape index (κ2) is 4.65. The number of nitrogens with zero attached hydrogens (tertiary/aromatic N) is 1. The standard InChI is InChI=1S/C11H18N4O/c1-7-8(15-11(12)10(7)16)3-2-4-9-13-5-6-14-9/h5-8,10,16H,2-4H2,1H3,(H2,12,15)(H,13,14)/t7-,8+,10-/m0/s1. The first-order valence-corrected chi connectivity index (χ1v) is 5.70. The molecule has 1 aliphatic heterocycles. The van der Waals surface area contributed by atoms with Crippen LogP contribution in [0.1, 0.15) is 25.6 Å². The Morgan fingerprint density at radius 3 is 2.94 bits per heavy atom. The van der Waals surface area contributed by atoms with Gasteiger partial charge in [0.2, 0.25) is 0 Å². The molecule has 5 heteroatoms. The molecule has 16 heavy (non-hydrogen) atoms. The quantitative estimate of drug-likeness (QED) is 0.604. The van der Waals surface area contributed by atoms with E-state index >= 15 is 0 Å². The van der Waals surface area contributed by atoms with Crippen molar-refractivity contribution in [2.24, 2.45) is 5.92 Å². The molecule has 0 aliphatic carbocycles. The summed E-state index contributed by atoms with van der Waals surface area (Å²) in [7, 11) is 0. The summed E-state index contributed by atoms with van der Waals surface area (Å²) in [6, 6.07) is 0.220. The van der Waals surface area contributed by atoms with Gasteiger partial charge in [0.15, 0.2) is 0 Å². The highest BCUT2D eigenvalue weighted by Crippen LogP contribution is 2.20. The fourth-order valence-electron chi connectivity index (χ4n) is 2.16. The molecular formula is C11H18N4O. The molecule has 0 aromatic carbocycles. The molecule has 0 radical (unpaired) electrons. The Labute approximate surface area is 94.8 Å². The van der Waals surface area contributed by atoms with Crippen LogP contribution in [0, 0.1) is 11.3 Å². The SMILES string of the molecule is C[C@@H]1[C@H](O)C(=N)N[C@@H]1CCCc1ncc[nH]1. The molecule has 1 fully saturated rings. The van der Waals surface area contributed by atoms with Crippen LogP contribution in [0.2, 0.25) is 0 Å². The van der Waals surface area contributed by atoms with Crippen LogP contribution < -0.4 is 5.32 Å². The van der Waals surface area contributed by atoms with Crippen LogP contribution in [0.4, 0.5) is 0 Å². The van der Waals surface area contributed by atoms with Crippen LogP contribution in [-0.4, -0.2) is 33.1 Å². The van der Waals surface area contributed by atoms with Gasteiger partial charge >= 0.3 is 0 Å². The third kappa shape index (κ3) is 2.24. The van der Waals surface area contributed by atoms with Crippen LogP contribution in [0.5, 0.6) is 0 Å². The first-order valence-electron chi connectivity index (χ1n) is 5.70. The van der Waals surface area contributed by atoms with Gasteiger partial charge in [-0.25, -0.2) is 4.98 Å². The summed E-state index contributed by atoms with van der Waals surface area (Å²) in [6.07, 6.45) is 5.85. The van der Waals surface area contributed by atoms with Gasteiger partial charge < -0.3 is 15.4 Å². The highest BCUT2D eigenvalue weighted by molar-refractivity contribution is 5.86. The largest absolute Gasteiger partial charge is 0.385 e. The van der Waals surface area contributed by atoms with Gasteiger partial charge in [-0.1, -0.05) is 6.92 Å². The van der Waals surface area contributed by atoms with Crippen molar-refractivity contribution < 1.29 is 5.11 Å². The van der Waals surface area contributed by atoms with Gasteiger partial charge in [0.25, 0.3) is 0 Å². The number of aryl methyl sites for hydroxylation is 1. The zero-order valence-corrected chi connectivity index (χ0v) is 9.40. The summed E-state index contributed by atoms with van der Waals surface area (Å²) < 4.78 is 0. The molecule has 1 aromatic heterocycles. The summed E-state index contributed by atoms with van der Waals surface area (Å²) in [5, 5.41) is 20.2. The van der Waals surface area contributed by atoms with E-state index in [9.17, 15) is 5.11 Å². The fourth-order valence-corrected chi connectivity index (χ4v) is 2.16. The average molecular weight is 222 g/mol. The molecule has 88 valence electrons. The number of aromatic amines is 1. The van der Waals surface area contributed by atoms with E-state index in [1.807, 2.05) is 13.1 Å². The van der Waals surface area contributed by atoms with Gasteiger partial charge in [0.05, 0.1) is 0 Å². The Kier molecular flexibility index (Phi) is 3.24. The van der Waals surface area contributed by atoms with Gasteiger partial charge in [-0.05, 0) is 12.8 Å².